The van der Waals surface area contributed by atoms with Gasteiger partial charge in [0.1, 0.15) is 0 Å². The van der Waals surface area contributed by atoms with Crippen LogP contribution in [-0.4, -0.2) is 14.3 Å². The highest BCUT2D eigenvalue weighted by Gasteiger charge is 2.04. The molecule has 0 aliphatic heterocycles. The van der Waals surface area contributed by atoms with Crippen molar-refractivity contribution in [1.82, 2.24) is 14.3 Å². The Balaban J connectivity index is 1.68. The molecule has 0 bridgehead atoms. The first-order valence-electron chi connectivity index (χ1n) is 6.32. The van der Waals surface area contributed by atoms with Gasteiger partial charge in [0, 0.05) is 25.1 Å². The van der Waals surface area contributed by atoms with Crippen LogP contribution in [0.2, 0.25) is 0 Å². The molecule has 3 nitrogen and oxygen atoms in total. The van der Waals surface area contributed by atoms with E-state index in [4.69, 9.17) is 0 Å². The van der Waals surface area contributed by atoms with Gasteiger partial charge in [-0.2, -0.15) is 5.10 Å². The molecule has 0 fully saturated rings. The van der Waals surface area contributed by atoms with Gasteiger partial charge in [-0.05, 0) is 36.2 Å². The van der Waals surface area contributed by atoms with Crippen molar-refractivity contribution in [2.75, 3.05) is 0 Å². The fourth-order valence-electron chi connectivity index (χ4n) is 2.05. The molecule has 0 N–H and O–H groups in total. The van der Waals surface area contributed by atoms with Crippen LogP contribution in [0, 0.1) is 11.6 Å². The minimum atomic E-state index is -0.817. The number of benzene rings is 1. The van der Waals surface area contributed by atoms with E-state index >= 15 is 0 Å². The van der Waals surface area contributed by atoms with Crippen molar-refractivity contribution < 1.29 is 8.78 Å². The molecule has 0 aliphatic rings. The van der Waals surface area contributed by atoms with Crippen LogP contribution in [-0.2, 0) is 13.0 Å². The quantitative estimate of drug-likeness (QED) is 0.715. The molecule has 3 rings (SSSR count). The van der Waals surface area contributed by atoms with Gasteiger partial charge in [-0.25, -0.2) is 8.78 Å². The van der Waals surface area contributed by atoms with Gasteiger partial charge in [0.15, 0.2) is 11.6 Å². The average Bonchev–Trinajstić information content (AvgIpc) is 3.09. The van der Waals surface area contributed by atoms with Crippen molar-refractivity contribution in [2.45, 2.75) is 13.0 Å². The predicted octanol–water partition coefficient (Wildman–Crippen LogP) is 3.19. The molecule has 5 heteroatoms. The molecule has 2 aromatic heterocycles. The van der Waals surface area contributed by atoms with Gasteiger partial charge in [-0.1, -0.05) is 6.07 Å². The second-order valence-corrected chi connectivity index (χ2v) is 4.55. The Morgan fingerprint density at radius 3 is 2.60 bits per heavy atom. The lowest BCUT2D eigenvalue weighted by Gasteiger charge is -2.03. The highest BCUT2D eigenvalue weighted by Crippen LogP contribution is 2.11. The largest absolute Gasteiger partial charge is 0.321 e. The number of hydrogen-bond donors (Lipinski definition) is 0. The maximum atomic E-state index is 13.1. The molecule has 102 valence electrons. The molecule has 0 saturated heterocycles. The van der Waals surface area contributed by atoms with E-state index in [-0.39, 0.29) is 0 Å². The Morgan fingerprint density at radius 2 is 1.85 bits per heavy atom. The van der Waals surface area contributed by atoms with Crippen molar-refractivity contribution in [3.05, 3.63) is 72.3 Å². The highest BCUT2D eigenvalue weighted by molar-refractivity contribution is 5.26. The van der Waals surface area contributed by atoms with Crippen LogP contribution >= 0.6 is 0 Å². The van der Waals surface area contributed by atoms with Crippen LogP contribution in [0.3, 0.4) is 0 Å². The zero-order valence-corrected chi connectivity index (χ0v) is 10.7. The van der Waals surface area contributed by atoms with Crippen molar-refractivity contribution in [2.24, 2.45) is 0 Å². The second kappa shape index (κ2) is 5.28. The summed E-state index contributed by atoms with van der Waals surface area (Å²) in [5.74, 6) is -1.63. The monoisotopic (exact) mass is 273 g/mol. The van der Waals surface area contributed by atoms with Crippen LogP contribution in [0.15, 0.2) is 55.1 Å². The predicted molar refractivity (Wildman–Crippen MR) is 71.6 cm³/mol. The summed E-state index contributed by atoms with van der Waals surface area (Å²) in [6.07, 6.45) is 8.17. The van der Waals surface area contributed by atoms with Crippen LogP contribution in [0.5, 0.6) is 0 Å². The molecule has 2 heterocycles. The molecular weight excluding hydrogens is 260 g/mol. The Labute approximate surface area is 115 Å². The molecule has 0 amide bonds. The smallest absolute Gasteiger partial charge is 0.159 e. The van der Waals surface area contributed by atoms with E-state index in [0.717, 1.165) is 17.3 Å². The summed E-state index contributed by atoms with van der Waals surface area (Å²) in [4.78, 5) is 0. The lowest BCUT2D eigenvalue weighted by Crippen LogP contribution is -2.02. The molecule has 3 aromatic rings. The molecule has 0 spiro atoms. The van der Waals surface area contributed by atoms with Crippen molar-refractivity contribution >= 4 is 0 Å². The number of nitrogens with zero attached hydrogens (tertiary/aromatic N) is 3. The van der Waals surface area contributed by atoms with Gasteiger partial charge in [-0.15, -0.1) is 0 Å². The Hall–Kier alpha value is -2.43. The van der Waals surface area contributed by atoms with Crippen molar-refractivity contribution in [3.63, 3.8) is 0 Å². The third kappa shape index (κ3) is 2.61. The molecule has 0 unspecified atom stereocenters. The van der Waals surface area contributed by atoms with Crippen molar-refractivity contribution in [3.8, 4) is 5.69 Å². The summed E-state index contributed by atoms with van der Waals surface area (Å²) >= 11 is 0. The molecule has 0 atom stereocenters. The van der Waals surface area contributed by atoms with E-state index < -0.39 is 11.6 Å². The first-order valence-corrected chi connectivity index (χ1v) is 6.32. The molecule has 20 heavy (non-hydrogen) atoms. The highest BCUT2D eigenvalue weighted by atomic mass is 19.2. The maximum absolute atomic E-state index is 13.1. The molecule has 1 aromatic carbocycles. The van der Waals surface area contributed by atoms with E-state index in [1.165, 1.54) is 6.07 Å². The van der Waals surface area contributed by atoms with Crippen LogP contribution < -0.4 is 0 Å². The molecule has 0 radical (unpaired) electrons. The van der Waals surface area contributed by atoms with Gasteiger partial charge in [0.2, 0.25) is 0 Å². The normalized spacial score (nSPS) is 10.9. The summed E-state index contributed by atoms with van der Waals surface area (Å²) in [5, 5.41) is 4.26. The van der Waals surface area contributed by atoms with Gasteiger partial charge in [-0.3, -0.25) is 4.68 Å². The van der Waals surface area contributed by atoms with E-state index in [1.807, 2.05) is 35.3 Å². The number of aromatic nitrogens is 3. The van der Waals surface area contributed by atoms with Crippen LogP contribution in [0.1, 0.15) is 5.56 Å². The zero-order chi connectivity index (χ0) is 13.9. The fourth-order valence-corrected chi connectivity index (χ4v) is 2.05. The first kappa shape index (κ1) is 12.6. The van der Waals surface area contributed by atoms with E-state index in [2.05, 4.69) is 5.10 Å². The zero-order valence-electron chi connectivity index (χ0n) is 10.7. The Bertz CT molecular complexity index is 702. The number of halogens is 2. The third-order valence-corrected chi connectivity index (χ3v) is 3.14. The number of aryl methyl sites for hydroxylation is 2. The van der Waals surface area contributed by atoms with Gasteiger partial charge < -0.3 is 4.57 Å². The van der Waals surface area contributed by atoms with E-state index in [9.17, 15) is 8.78 Å². The van der Waals surface area contributed by atoms with Crippen molar-refractivity contribution in [1.29, 1.82) is 0 Å². The maximum Gasteiger partial charge on any atom is 0.159 e. The van der Waals surface area contributed by atoms with Gasteiger partial charge in [0.05, 0.1) is 11.9 Å². The van der Waals surface area contributed by atoms with E-state index in [0.29, 0.717) is 13.0 Å². The molecular formula is C15H13F2N3. The van der Waals surface area contributed by atoms with Gasteiger partial charge >= 0.3 is 0 Å². The lowest BCUT2D eigenvalue weighted by molar-refractivity contribution is 0.505. The second-order valence-electron chi connectivity index (χ2n) is 4.55. The minimum Gasteiger partial charge on any atom is -0.321 e. The topological polar surface area (TPSA) is 22.8 Å². The molecule has 0 aliphatic carbocycles. The third-order valence-electron chi connectivity index (χ3n) is 3.14. The molecule has 0 saturated carbocycles. The standard InChI is InChI=1S/C15H13F2N3/c16-14-4-3-12(9-15(14)17)5-8-20-11-13(10-18-20)19-6-1-2-7-19/h1-4,6-7,9-11H,5,8H2. The summed E-state index contributed by atoms with van der Waals surface area (Å²) in [5.41, 5.74) is 1.72. The van der Waals surface area contributed by atoms with Gasteiger partial charge in [0.25, 0.3) is 0 Å². The Morgan fingerprint density at radius 1 is 1.05 bits per heavy atom. The summed E-state index contributed by atoms with van der Waals surface area (Å²) in [7, 11) is 0. The van der Waals surface area contributed by atoms with E-state index in [1.54, 1.807) is 16.9 Å². The van der Waals surface area contributed by atoms with Crippen LogP contribution in [0.25, 0.3) is 5.69 Å². The number of hydrogen-bond acceptors (Lipinski definition) is 1. The first-order chi connectivity index (χ1) is 9.72. The summed E-state index contributed by atoms with van der Waals surface area (Å²) in [6, 6.07) is 7.86. The summed E-state index contributed by atoms with van der Waals surface area (Å²) < 4.78 is 29.7. The summed E-state index contributed by atoms with van der Waals surface area (Å²) in [6.45, 7) is 0.617. The number of rotatable bonds is 4. The lowest BCUT2D eigenvalue weighted by atomic mass is 10.1. The minimum absolute atomic E-state index is 0.601. The Kier molecular flexibility index (Phi) is 3.33. The van der Waals surface area contributed by atoms with Crippen LogP contribution in [0.4, 0.5) is 8.78 Å². The fraction of sp³-hybridized carbons (Fsp3) is 0.133. The average molecular weight is 273 g/mol. The SMILES string of the molecule is Fc1ccc(CCn2cc(-n3cccc3)cn2)cc1F.